The second-order valence-corrected chi connectivity index (χ2v) is 3.74. The molecular formula is C12H13F2N3O2. The van der Waals surface area contributed by atoms with Gasteiger partial charge in [-0.25, -0.2) is 0 Å². The Kier molecular flexibility index (Phi) is 4.40. The fourth-order valence-electron chi connectivity index (χ4n) is 1.54. The van der Waals surface area contributed by atoms with E-state index in [0.29, 0.717) is 24.4 Å². The number of benzene rings is 1. The highest BCUT2D eigenvalue weighted by molar-refractivity contribution is 5.62. The van der Waals surface area contributed by atoms with Crippen LogP contribution in [0.1, 0.15) is 5.82 Å². The zero-order valence-electron chi connectivity index (χ0n) is 10.3. The minimum Gasteiger partial charge on any atom is -0.434 e. The molecule has 0 amide bonds. The van der Waals surface area contributed by atoms with Gasteiger partial charge in [-0.2, -0.15) is 13.8 Å². The van der Waals surface area contributed by atoms with Crippen LogP contribution in [-0.4, -0.2) is 30.3 Å². The first-order chi connectivity index (χ1) is 9.20. The van der Waals surface area contributed by atoms with Gasteiger partial charge in [0.1, 0.15) is 5.75 Å². The first-order valence-corrected chi connectivity index (χ1v) is 5.72. The third-order valence-corrected chi connectivity index (χ3v) is 2.40. The van der Waals surface area contributed by atoms with E-state index in [1.807, 2.05) is 7.05 Å². The van der Waals surface area contributed by atoms with Crippen LogP contribution >= 0.6 is 0 Å². The summed E-state index contributed by atoms with van der Waals surface area (Å²) in [7, 11) is 1.81. The van der Waals surface area contributed by atoms with Crippen LogP contribution in [0.4, 0.5) is 8.78 Å². The van der Waals surface area contributed by atoms with E-state index in [1.165, 1.54) is 6.07 Å². The van der Waals surface area contributed by atoms with Gasteiger partial charge in [0, 0.05) is 13.0 Å². The van der Waals surface area contributed by atoms with Gasteiger partial charge in [-0.05, 0) is 19.2 Å². The summed E-state index contributed by atoms with van der Waals surface area (Å²) in [6, 6.07) is 6.30. The predicted molar refractivity (Wildman–Crippen MR) is 64.0 cm³/mol. The van der Waals surface area contributed by atoms with E-state index < -0.39 is 6.61 Å². The van der Waals surface area contributed by atoms with Gasteiger partial charge in [-0.3, -0.25) is 0 Å². The van der Waals surface area contributed by atoms with Gasteiger partial charge in [0.05, 0.1) is 5.56 Å². The van der Waals surface area contributed by atoms with Crippen molar-refractivity contribution in [2.75, 3.05) is 13.6 Å². The van der Waals surface area contributed by atoms with Crippen molar-refractivity contribution in [2.45, 2.75) is 13.0 Å². The zero-order chi connectivity index (χ0) is 13.7. The van der Waals surface area contributed by atoms with Crippen LogP contribution in [0, 0.1) is 0 Å². The van der Waals surface area contributed by atoms with Crippen LogP contribution in [0.5, 0.6) is 5.75 Å². The molecule has 0 aliphatic rings. The molecule has 0 radical (unpaired) electrons. The monoisotopic (exact) mass is 269 g/mol. The average molecular weight is 269 g/mol. The van der Waals surface area contributed by atoms with E-state index in [0.717, 1.165) is 0 Å². The summed E-state index contributed by atoms with van der Waals surface area (Å²) in [6.45, 7) is -2.19. The number of rotatable bonds is 6. The number of aromatic nitrogens is 2. The zero-order valence-corrected chi connectivity index (χ0v) is 10.3. The molecule has 0 aliphatic heterocycles. The first kappa shape index (κ1) is 13.4. The van der Waals surface area contributed by atoms with Gasteiger partial charge in [-0.15, -0.1) is 0 Å². The molecule has 2 rings (SSSR count). The number of hydrogen-bond donors (Lipinski definition) is 1. The predicted octanol–water partition coefficient (Wildman–Crippen LogP) is 2.10. The van der Waals surface area contributed by atoms with Gasteiger partial charge >= 0.3 is 6.61 Å². The number of nitrogens with one attached hydrogen (secondary N) is 1. The van der Waals surface area contributed by atoms with E-state index in [1.54, 1.807) is 18.2 Å². The lowest BCUT2D eigenvalue weighted by Crippen LogP contribution is -2.11. The lowest BCUT2D eigenvalue weighted by atomic mass is 10.2. The van der Waals surface area contributed by atoms with Crippen molar-refractivity contribution in [1.29, 1.82) is 0 Å². The number of ether oxygens (including phenoxy) is 1. The van der Waals surface area contributed by atoms with Gasteiger partial charge < -0.3 is 14.6 Å². The van der Waals surface area contributed by atoms with Crippen LogP contribution in [0.3, 0.4) is 0 Å². The Morgan fingerprint density at radius 2 is 2.16 bits per heavy atom. The minimum absolute atomic E-state index is 0.0151. The summed E-state index contributed by atoms with van der Waals surface area (Å²) in [6.07, 6.45) is 0.595. The number of likely N-dealkylation sites (N-methyl/N-ethyl adjacent to an activating group) is 1. The molecule has 19 heavy (non-hydrogen) atoms. The minimum atomic E-state index is -2.90. The highest BCUT2D eigenvalue weighted by atomic mass is 19.3. The van der Waals surface area contributed by atoms with Crippen molar-refractivity contribution in [3.05, 3.63) is 30.1 Å². The molecule has 0 aliphatic carbocycles. The average Bonchev–Trinajstić information content (AvgIpc) is 2.85. The second-order valence-electron chi connectivity index (χ2n) is 3.74. The van der Waals surface area contributed by atoms with Crippen LogP contribution in [-0.2, 0) is 6.42 Å². The van der Waals surface area contributed by atoms with Crippen molar-refractivity contribution in [3.8, 4) is 17.2 Å². The summed E-state index contributed by atoms with van der Waals surface area (Å²) < 4.78 is 34.1. The Bertz CT molecular complexity index is 531. The molecule has 0 fully saturated rings. The van der Waals surface area contributed by atoms with Gasteiger partial charge in [0.15, 0.2) is 5.82 Å². The van der Waals surface area contributed by atoms with Crippen molar-refractivity contribution in [1.82, 2.24) is 15.5 Å². The maximum atomic E-state index is 12.3. The molecule has 5 nitrogen and oxygen atoms in total. The van der Waals surface area contributed by atoms with Gasteiger partial charge in [0.25, 0.3) is 5.89 Å². The third kappa shape index (κ3) is 3.47. The molecular weight excluding hydrogens is 256 g/mol. The molecule has 0 atom stereocenters. The molecule has 0 spiro atoms. The van der Waals surface area contributed by atoms with Crippen LogP contribution < -0.4 is 10.1 Å². The summed E-state index contributed by atoms with van der Waals surface area (Å²) in [5.41, 5.74) is 0.353. The second kappa shape index (κ2) is 6.24. The van der Waals surface area contributed by atoms with E-state index in [9.17, 15) is 8.78 Å². The first-order valence-electron chi connectivity index (χ1n) is 5.72. The summed E-state index contributed by atoms with van der Waals surface area (Å²) in [5.74, 6) is 0.694. The Labute approximate surface area is 108 Å². The molecule has 0 bridgehead atoms. The van der Waals surface area contributed by atoms with Crippen molar-refractivity contribution < 1.29 is 18.0 Å². The van der Waals surface area contributed by atoms with Crippen molar-refractivity contribution in [2.24, 2.45) is 0 Å². The highest BCUT2D eigenvalue weighted by Gasteiger charge is 2.15. The fourth-order valence-corrected chi connectivity index (χ4v) is 1.54. The smallest absolute Gasteiger partial charge is 0.387 e. The number of halogens is 2. The molecule has 0 saturated carbocycles. The van der Waals surface area contributed by atoms with Crippen molar-refractivity contribution in [3.63, 3.8) is 0 Å². The molecule has 1 aromatic heterocycles. The Morgan fingerprint density at radius 1 is 1.37 bits per heavy atom. The maximum Gasteiger partial charge on any atom is 0.387 e. The molecule has 2 aromatic rings. The van der Waals surface area contributed by atoms with E-state index in [-0.39, 0.29) is 11.6 Å². The van der Waals surface area contributed by atoms with Gasteiger partial charge in [0.2, 0.25) is 0 Å². The molecule has 0 saturated heterocycles. The Balaban J connectivity index is 2.23. The number of alkyl halides is 2. The largest absolute Gasteiger partial charge is 0.434 e. The Hall–Kier alpha value is -2.02. The lowest BCUT2D eigenvalue weighted by molar-refractivity contribution is -0.0495. The fraction of sp³-hybridized carbons (Fsp3) is 0.333. The number of para-hydroxylation sites is 1. The topological polar surface area (TPSA) is 60.2 Å². The van der Waals surface area contributed by atoms with Crippen molar-refractivity contribution >= 4 is 0 Å². The standard InChI is InChI=1S/C12H13F2N3O2/c1-15-7-6-10-16-11(19-17-10)8-4-2-3-5-9(8)18-12(13)14/h2-5,12,15H,6-7H2,1H3. The molecule has 102 valence electrons. The SMILES string of the molecule is CNCCc1noc(-c2ccccc2OC(F)F)n1. The normalized spacial score (nSPS) is 10.9. The summed E-state index contributed by atoms with van der Waals surface area (Å²) >= 11 is 0. The van der Waals surface area contributed by atoms with E-state index in [4.69, 9.17) is 4.52 Å². The lowest BCUT2D eigenvalue weighted by Gasteiger charge is -2.06. The molecule has 1 N–H and O–H groups in total. The van der Waals surface area contributed by atoms with Crippen LogP contribution in [0.25, 0.3) is 11.5 Å². The highest BCUT2D eigenvalue weighted by Crippen LogP contribution is 2.29. The molecule has 1 heterocycles. The number of hydrogen-bond acceptors (Lipinski definition) is 5. The number of nitrogens with zero attached hydrogens (tertiary/aromatic N) is 2. The van der Waals surface area contributed by atoms with Gasteiger partial charge in [-0.1, -0.05) is 17.3 Å². The van der Waals surface area contributed by atoms with Crippen LogP contribution in [0.15, 0.2) is 28.8 Å². The maximum absolute atomic E-state index is 12.3. The Morgan fingerprint density at radius 3 is 2.89 bits per heavy atom. The third-order valence-electron chi connectivity index (χ3n) is 2.40. The summed E-state index contributed by atoms with van der Waals surface area (Å²) in [4.78, 5) is 4.14. The van der Waals surface area contributed by atoms with Crippen LogP contribution in [0.2, 0.25) is 0 Å². The molecule has 7 heteroatoms. The molecule has 0 unspecified atom stereocenters. The van der Waals surface area contributed by atoms with E-state index in [2.05, 4.69) is 20.2 Å². The molecule has 1 aromatic carbocycles. The quantitative estimate of drug-likeness (QED) is 0.870. The summed E-state index contributed by atoms with van der Waals surface area (Å²) in [5, 5.41) is 6.74. The van der Waals surface area contributed by atoms with E-state index >= 15 is 0 Å².